The topological polar surface area (TPSA) is 47.6 Å². The van der Waals surface area contributed by atoms with Crippen molar-refractivity contribution in [2.75, 3.05) is 13.2 Å². The van der Waals surface area contributed by atoms with E-state index in [1.165, 1.54) is 12.1 Å². The summed E-state index contributed by atoms with van der Waals surface area (Å²) in [6.07, 6.45) is 2.06. The number of rotatable bonds is 7. The van der Waals surface area contributed by atoms with Gasteiger partial charge in [-0.3, -0.25) is 4.99 Å². The Bertz CT molecular complexity index is 716. The summed E-state index contributed by atoms with van der Waals surface area (Å²) < 4.78 is 46.7. The summed E-state index contributed by atoms with van der Waals surface area (Å²) in [7, 11) is 0. The van der Waals surface area contributed by atoms with Crippen molar-refractivity contribution in [3.8, 4) is 0 Å². The highest BCUT2D eigenvalue weighted by Gasteiger charge is 2.38. The molecule has 1 heterocycles. The van der Waals surface area contributed by atoms with Crippen molar-refractivity contribution in [1.82, 2.24) is 0 Å². The van der Waals surface area contributed by atoms with Gasteiger partial charge in [0, 0.05) is 30.9 Å². The molecule has 142 valence electrons. The summed E-state index contributed by atoms with van der Waals surface area (Å²) in [5.41, 5.74) is 6.99. The van der Waals surface area contributed by atoms with Crippen molar-refractivity contribution < 1.29 is 17.9 Å². The van der Waals surface area contributed by atoms with E-state index in [2.05, 4.69) is 11.7 Å². The van der Waals surface area contributed by atoms with Gasteiger partial charge in [0.2, 0.25) is 0 Å². The third kappa shape index (κ3) is 4.55. The lowest BCUT2D eigenvalue weighted by Crippen LogP contribution is -2.32. The van der Waals surface area contributed by atoms with Gasteiger partial charge in [-0.2, -0.15) is 0 Å². The molecule has 0 amide bonds. The zero-order valence-electron chi connectivity index (χ0n) is 15.4. The molecule has 26 heavy (non-hydrogen) atoms. The van der Waals surface area contributed by atoms with Gasteiger partial charge in [0.15, 0.2) is 0 Å². The second-order valence-corrected chi connectivity index (χ2v) is 7.28. The zero-order chi connectivity index (χ0) is 19.5. The van der Waals surface area contributed by atoms with Crippen LogP contribution in [0.2, 0.25) is 0 Å². The number of nitrogens with zero attached hydrogens (tertiary/aromatic N) is 1. The lowest BCUT2D eigenvalue weighted by atomic mass is 9.83. The van der Waals surface area contributed by atoms with E-state index in [1.54, 1.807) is 18.2 Å². The predicted octanol–water partition coefficient (Wildman–Crippen LogP) is 4.49. The molecule has 1 aromatic carbocycles. The van der Waals surface area contributed by atoms with Crippen molar-refractivity contribution >= 4 is 6.72 Å². The Kier molecular flexibility index (Phi) is 5.96. The molecular weight excluding hydrogens is 341 g/mol. The first-order valence-corrected chi connectivity index (χ1v) is 8.45. The van der Waals surface area contributed by atoms with Crippen molar-refractivity contribution in [1.29, 1.82) is 0 Å². The molecule has 2 rings (SSSR count). The van der Waals surface area contributed by atoms with Crippen LogP contribution in [-0.4, -0.2) is 25.8 Å². The van der Waals surface area contributed by atoms with Crippen molar-refractivity contribution in [3.05, 3.63) is 58.8 Å². The summed E-state index contributed by atoms with van der Waals surface area (Å²) in [6, 6.07) is 6.11. The van der Waals surface area contributed by atoms with E-state index in [9.17, 15) is 13.2 Å². The van der Waals surface area contributed by atoms with Crippen LogP contribution in [0, 0.1) is 17.2 Å². The minimum absolute atomic E-state index is 0.144. The Morgan fingerprint density at radius 1 is 1.38 bits per heavy atom. The molecule has 0 bridgehead atoms. The summed E-state index contributed by atoms with van der Waals surface area (Å²) in [4.78, 5) is 3.82. The molecule has 1 unspecified atom stereocenters. The molecule has 0 aliphatic carbocycles. The first-order chi connectivity index (χ1) is 12.1. The SMILES string of the molecule is C=N/C(=C\C1=C(Cc2ccc(F)cc2)OCC1(C)C)C(CN)C(C)(F)F. The molecule has 0 radical (unpaired) electrons. The first-order valence-electron chi connectivity index (χ1n) is 8.45. The minimum Gasteiger partial charge on any atom is -0.496 e. The number of ether oxygens (including phenoxy) is 1. The lowest BCUT2D eigenvalue weighted by molar-refractivity contribution is -0.0220. The highest BCUT2D eigenvalue weighted by molar-refractivity contribution is 5.40. The van der Waals surface area contributed by atoms with E-state index in [0.29, 0.717) is 18.8 Å². The molecule has 1 aliphatic heterocycles. The normalized spacial score (nSPS) is 18.7. The number of aliphatic imine (C=N–C) groups is 1. The number of nitrogens with two attached hydrogens (primary N) is 1. The fourth-order valence-corrected chi connectivity index (χ4v) is 3.00. The van der Waals surface area contributed by atoms with E-state index in [4.69, 9.17) is 10.5 Å². The van der Waals surface area contributed by atoms with Crippen molar-refractivity contribution in [2.24, 2.45) is 22.1 Å². The lowest BCUT2D eigenvalue weighted by Gasteiger charge is -2.24. The first kappa shape index (κ1) is 20.2. The van der Waals surface area contributed by atoms with Crippen LogP contribution in [0.3, 0.4) is 0 Å². The maximum Gasteiger partial charge on any atom is 0.254 e. The molecule has 1 atom stereocenters. The third-order valence-corrected chi connectivity index (χ3v) is 4.59. The van der Waals surface area contributed by atoms with Gasteiger partial charge in [0.1, 0.15) is 11.6 Å². The fraction of sp³-hybridized carbons (Fsp3) is 0.450. The van der Waals surface area contributed by atoms with Gasteiger partial charge in [-0.05, 0) is 30.5 Å². The Balaban J connectivity index is 2.45. The average Bonchev–Trinajstić information content (AvgIpc) is 2.82. The summed E-state index contributed by atoms with van der Waals surface area (Å²) >= 11 is 0. The highest BCUT2D eigenvalue weighted by atomic mass is 19.3. The van der Waals surface area contributed by atoms with Crippen LogP contribution in [0.25, 0.3) is 0 Å². The standard InChI is InChI=1S/C20H25F3N2O/c1-19(2)12-26-18(9-13-5-7-14(21)8-6-13)15(19)10-17(25-4)16(11-24)20(3,22)23/h5-8,10,16H,4,9,11-12,24H2,1-3H3/b17-10-. The molecule has 0 aromatic heterocycles. The number of alkyl halides is 2. The molecule has 1 aromatic rings. The molecule has 0 spiro atoms. The maximum atomic E-state index is 13.9. The van der Waals surface area contributed by atoms with Crippen LogP contribution in [0.5, 0.6) is 0 Å². The highest BCUT2D eigenvalue weighted by Crippen LogP contribution is 2.41. The predicted molar refractivity (Wildman–Crippen MR) is 97.7 cm³/mol. The van der Waals surface area contributed by atoms with E-state index < -0.39 is 11.8 Å². The Morgan fingerprint density at radius 3 is 2.50 bits per heavy atom. The van der Waals surface area contributed by atoms with Crippen molar-refractivity contribution in [3.63, 3.8) is 0 Å². The second-order valence-electron chi connectivity index (χ2n) is 7.28. The van der Waals surface area contributed by atoms with Crippen LogP contribution < -0.4 is 5.73 Å². The second kappa shape index (κ2) is 7.66. The van der Waals surface area contributed by atoms with Gasteiger partial charge in [-0.25, -0.2) is 13.2 Å². The molecule has 6 heteroatoms. The number of benzene rings is 1. The van der Waals surface area contributed by atoms with Gasteiger partial charge in [0.05, 0.1) is 18.2 Å². The fourth-order valence-electron chi connectivity index (χ4n) is 3.00. The van der Waals surface area contributed by atoms with E-state index in [0.717, 1.165) is 18.1 Å². The summed E-state index contributed by atoms with van der Waals surface area (Å²) in [6.45, 7) is 8.39. The maximum absolute atomic E-state index is 13.9. The van der Waals surface area contributed by atoms with Crippen LogP contribution in [0.1, 0.15) is 26.3 Å². The molecule has 0 saturated carbocycles. The summed E-state index contributed by atoms with van der Waals surface area (Å²) in [5.74, 6) is -3.89. The largest absolute Gasteiger partial charge is 0.496 e. The number of halogens is 3. The van der Waals surface area contributed by atoms with Gasteiger partial charge in [-0.1, -0.05) is 26.0 Å². The van der Waals surface area contributed by atoms with Gasteiger partial charge in [0.25, 0.3) is 5.92 Å². The Hall–Kier alpha value is -2.08. The van der Waals surface area contributed by atoms with Gasteiger partial charge in [-0.15, -0.1) is 0 Å². The van der Waals surface area contributed by atoms with Crippen molar-refractivity contribution in [2.45, 2.75) is 33.1 Å². The quantitative estimate of drug-likeness (QED) is 0.723. The number of hydrogen-bond donors (Lipinski definition) is 1. The third-order valence-electron chi connectivity index (χ3n) is 4.59. The van der Waals surface area contributed by atoms with Gasteiger partial charge < -0.3 is 10.5 Å². The van der Waals surface area contributed by atoms with E-state index in [1.807, 2.05) is 13.8 Å². The van der Waals surface area contributed by atoms with Gasteiger partial charge >= 0.3 is 0 Å². The minimum atomic E-state index is -3.01. The molecule has 3 nitrogen and oxygen atoms in total. The van der Waals surface area contributed by atoms with Crippen LogP contribution in [0.4, 0.5) is 13.2 Å². The molecular formula is C20H25F3N2O. The summed E-state index contributed by atoms with van der Waals surface area (Å²) in [5, 5.41) is 0. The van der Waals surface area contributed by atoms with Crippen LogP contribution in [-0.2, 0) is 11.2 Å². The molecule has 2 N–H and O–H groups in total. The molecule has 1 aliphatic rings. The van der Waals surface area contributed by atoms with Crippen LogP contribution >= 0.6 is 0 Å². The van der Waals surface area contributed by atoms with E-state index >= 15 is 0 Å². The van der Waals surface area contributed by atoms with Crippen LogP contribution in [0.15, 0.2) is 52.4 Å². The van der Waals surface area contributed by atoms with E-state index in [-0.39, 0.29) is 23.5 Å². The number of allylic oxidation sites excluding steroid dienone is 2. The smallest absolute Gasteiger partial charge is 0.254 e. The molecule has 0 saturated heterocycles. The zero-order valence-corrected chi connectivity index (χ0v) is 15.4. The Labute approximate surface area is 152 Å². The molecule has 0 fully saturated rings. The monoisotopic (exact) mass is 366 g/mol. The number of hydrogen-bond acceptors (Lipinski definition) is 3. The average molecular weight is 366 g/mol. The Morgan fingerprint density at radius 2 is 2.00 bits per heavy atom.